The molecule has 1 aromatic heterocycles. The molecule has 1 fully saturated rings. The molecule has 0 saturated carbocycles. The van der Waals surface area contributed by atoms with Crippen LogP contribution in [0.15, 0.2) is 30.3 Å². The van der Waals surface area contributed by atoms with Crippen LogP contribution in [0.3, 0.4) is 0 Å². The highest BCUT2D eigenvalue weighted by atomic mass is 16.5. The fourth-order valence-electron chi connectivity index (χ4n) is 2.15. The van der Waals surface area contributed by atoms with Crippen molar-refractivity contribution in [3.05, 3.63) is 35.9 Å². The second-order valence-electron chi connectivity index (χ2n) is 4.38. The first-order chi connectivity index (χ1) is 8.86. The van der Waals surface area contributed by atoms with E-state index in [1.807, 2.05) is 30.3 Å². The molecular formula is C14H13N3O. The largest absolute Gasteiger partial charge is 0.472 e. The molecular weight excluding hydrogens is 226 g/mol. The summed E-state index contributed by atoms with van der Waals surface area (Å²) in [5.41, 5.74) is 1.36. The van der Waals surface area contributed by atoms with Gasteiger partial charge in [-0.05, 0) is 25.1 Å². The molecule has 1 aliphatic heterocycles. The van der Waals surface area contributed by atoms with Gasteiger partial charge in [0.25, 0.3) is 0 Å². The Hall–Kier alpha value is -2.12. The molecule has 0 amide bonds. The average Bonchev–Trinajstić information content (AvgIpc) is 2.91. The number of ether oxygens (including phenoxy) is 1. The first kappa shape index (κ1) is 11.0. The lowest BCUT2D eigenvalue weighted by molar-refractivity contribution is 0.214. The van der Waals surface area contributed by atoms with Crippen molar-refractivity contribution in [2.24, 2.45) is 0 Å². The van der Waals surface area contributed by atoms with Gasteiger partial charge in [0.2, 0.25) is 5.88 Å². The van der Waals surface area contributed by atoms with Crippen LogP contribution in [0.2, 0.25) is 0 Å². The number of fused-ring (bicyclic) bond motifs is 1. The van der Waals surface area contributed by atoms with Crippen LogP contribution in [0.25, 0.3) is 10.9 Å². The van der Waals surface area contributed by atoms with E-state index in [9.17, 15) is 0 Å². The van der Waals surface area contributed by atoms with Crippen LogP contribution in [0.4, 0.5) is 0 Å². The van der Waals surface area contributed by atoms with Crippen LogP contribution in [-0.4, -0.2) is 24.2 Å². The van der Waals surface area contributed by atoms with E-state index in [-0.39, 0.29) is 6.10 Å². The molecule has 1 aromatic carbocycles. The van der Waals surface area contributed by atoms with Gasteiger partial charge >= 0.3 is 0 Å². The van der Waals surface area contributed by atoms with Crippen molar-refractivity contribution in [3.8, 4) is 11.9 Å². The van der Waals surface area contributed by atoms with Crippen LogP contribution in [0.5, 0.6) is 5.88 Å². The molecule has 1 saturated heterocycles. The van der Waals surface area contributed by atoms with Gasteiger partial charge in [0.05, 0.1) is 5.52 Å². The van der Waals surface area contributed by atoms with Gasteiger partial charge < -0.3 is 10.1 Å². The zero-order valence-electron chi connectivity index (χ0n) is 9.89. The molecule has 0 bridgehead atoms. The molecule has 4 heteroatoms. The van der Waals surface area contributed by atoms with E-state index in [2.05, 4.69) is 16.4 Å². The van der Waals surface area contributed by atoms with Gasteiger partial charge in [-0.1, -0.05) is 18.2 Å². The van der Waals surface area contributed by atoms with Crippen molar-refractivity contribution >= 4 is 10.9 Å². The maximum Gasteiger partial charge on any atom is 0.232 e. The summed E-state index contributed by atoms with van der Waals surface area (Å²) in [6.07, 6.45) is 1.07. The van der Waals surface area contributed by atoms with Crippen molar-refractivity contribution in [2.45, 2.75) is 12.5 Å². The Kier molecular flexibility index (Phi) is 2.83. The van der Waals surface area contributed by atoms with E-state index in [0.717, 1.165) is 30.4 Å². The van der Waals surface area contributed by atoms with Gasteiger partial charge in [0.1, 0.15) is 17.7 Å². The monoisotopic (exact) mass is 239 g/mol. The normalized spacial score (nSPS) is 18.7. The Bertz CT molecular complexity index is 612. The molecule has 18 heavy (non-hydrogen) atoms. The van der Waals surface area contributed by atoms with Gasteiger partial charge in [-0.3, -0.25) is 0 Å². The molecule has 4 nitrogen and oxygen atoms in total. The predicted octanol–water partition coefficient (Wildman–Crippen LogP) is 1.85. The summed E-state index contributed by atoms with van der Waals surface area (Å²) in [5.74, 6) is 0.449. The third-order valence-corrected chi connectivity index (χ3v) is 3.10. The zero-order valence-corrected chi connectivity index (χ0v) is 9.89. The molecule has 2 heterocycles. The summed E-state index contributed by atoms with van der Waals surface area (Å²) in [4.78, 5) is 4.44. The number of hydrogen-bond donors (Lipinski definition) is 1. The smallest absolute Gasteiger partial charge is 0.232 e. The SMILES string of the molecule is N#Cc1cc2ccccc2nc1OC1CCNC1. The van der Waals surface area contributed by atoms with E-state index in [1.165, 1.54) is 0 Å². The number of rotatable bonds is 2. The summed E-state index contributed by atoms with van der Waals surface area (Å²) in [5, 5.41) is 13.4. The topological polar surface area (TPSA) is 57.9 Å². The lowest BCUT2D eigenvalue weighted by Crippen LogP contribution is -2.20. The standard InChI is InChI=1S/C14H13N3O/c15-8-11-7-10-3-1-2-4-13(10)17-14(11)18-12-5-6-16-9-12/h1-4,7,12,16H,5-6,9H2. The van der Waals surface area contributed by atoms with Gasteiger partial charge in [0.15, 0.2) is 0 Å². The summed E-state index contributed by atoms with van der Waals surface area (Å²) < 4.78 is 5.81. The molecule has 90 valence electrons. The van der Waals surface area contributed by atoms with Gasteiger partial charge in [-0.15, -0.1) is 0 Å². The van der Waals surface area contributed by atoms with E-state index in [4.69, 9.17) is 10.00 Å². The Labute approximate surface area is 105 Å². The predicted molar refractivity (Wildman–Crippen MR) is 68.4 cm³/mol. The maximum atomic E-state index is 9.17. The van der Waals surface area contributed by atoms with E-state index in [1.54, 1.807) is 0 Å². The second kappa shape index (κ2) is 4.63. The minimum atomic E-state index is 0.116. The van der Waals surface area contributed by atoms with E-state index < -0.39 is 0 Å². The number of nitriles is 1. The molecule has 1 aliphatic rings. The number of aromatic nitrogens is 1. The fourth-order valence-corrected chi connectivity index (χ4v) is 2.15. The van der Waals surface area contributed by atoms with Gasteiger partial charge in [0, 0.05) is 11.9 Å². The molecule has 2 aromatic rings. The number of para-hydroxylation sites is 1. The van der Waals surface area contributed by atoms with Gasteiger partial charge in [-0.2, -0.15) is 5.26 Å². The molecule has 1 unspecified atom stereocenters. The van der Waals surface area contributed by atoms with Crippen molar-refractivity contribution in [2.75, 3.05) is 13.1 Å². The number of nitrogens with zero attached hydrogens (tertiary/aromatic N) is 2. The van der Waals surface area contributed by atoms with Crippen LogP contribution in [0, 0.1) is 11.3 Å². The lowest BCUT2D eigenvalue weighted by atomic mass is 10.1. The molecule has 0 spiro atoms. The third kappa shape index (κ3) is 2.01. The lowest BCUT2D eigenvalue weighted by Gasteiger charge is -2.13. The number of pyridine rings is 1. The summed E-state index contributed by atoms with van der Waals surface area (Å²) in [7, 11) is 0. The first-order valence-electron chi connectivity index (χ1n) is 6.04. The summed E-state index contributed by atoms with van der Waals surface area (Å²) >= 11 is 0. The van der Waals surface area contributed by atoms with Crippen molar-refractivity contribution < 1.29 is 4.74 Å². The molecule has 0 radical (unpaired) electrons. The van der Waals surface area contributed by atoms with Crippen LogP contribution in [-0.2, 0) is 0 Å². The van der Waals surface area contributed by atoms with E-state index >= 15 is 0 Å². The molecule has 3 rings (SSSR count). The minimum absolute atomic E-state index is 0.116. The molecule has 1 N–H and O–H groups in total. The summed E-state index contributed by atoms with van der Waals surface area (Å²) in [6, 6.07) is 11.7. The molecule has 0 aliphatic carbocycles. The Morgan fingerprint density at radius 1 is 1.39 bits per heavy atom. The maximum absolute atomic E-state index is 9.17. The van der Waals surface area contributed by atoms with Crippen molar-refractivity contribution in [1.82, 2.24) is 10.3 Å². The third-order valence-electron chi connectivity index (χ3n) is 3.10. The Morgan fingerprint density at radius 3 is 3.06 bits per heavy atom. The molecule has 1 atom stereocenters. The quantitative estimate of drug-likeness (QED) is 0.868. The average molecular weight is 239 g/mol. The van der Waals surface area contributed by atoms with Crippen LogP contribution >= 0.6 is 0 Å². The number of benzene rings is 1. The van der Waals surface area contributed by atoms with Crippen LogP contribution in [0.1, 0.15) is 12.0 Å². The number of nitrogens with one attached hydrogen (secondary N) is 1. The first-order valence-corrected chi connectivity index (χ1v) is 6.04. The van der Waals surface area contributed by atoms with Gasteiger partial charge in [-0.25, -0.2) is 4.98 Å². The van der Waals surface area contributed by atoms with Crippen molar-refractivity contribution in [3.63, 3.8) is 0 Å². The zero-order chi connectivity index (χ0) is 12.4. The highest BCUT2D eigenvalue weighted by molar-refractivity contribution is 5.80. The highest BCUT2D eigenvalue weighted by Crippen LogP contribution is 2.23. The van der Waals surface area contributed by atoms with E-state index in [0.29, 0.717) is 11.4 Å². The minimum Gasteiger partial charge on any atom is -0.472 e. The van der Waals surface area contributed by atoms with Crippen LogP contribution < -0.4 is 10.1 Å². The fraction of sp³-hybridized carbons (Fsp3) is 0.286. The highest BCUT2D eigenvalue weighted by Gasteiger charge is 2.18. The summed E-state index contributed by atoms with van der Waals surface area (Å²) in [6.45, 7) is 1.78. The Balaban J connectivity index is 2.01. The number of hydrogen-bond acceptors (Lipinski definition) is 4. The Morgan fingerprint density at radius 2 is 2.28 bits per heavy atom. The second-order valence-corrected chi connectivity index (χ2v) is 4.38. The van der Waals surface area contributed by atoms with Crippen molar-refractivity contribution in [1.29, 1.82) is 5.26 Å².